The molecule has 0 aliphatic rings. The summed E-state index contributed by atoms with van der Waals surface area (Å²) in [5.74, 6) is 0.632. The van der Waals surface area contributed by atoms with Crippen LogP contribution in [-0.2, 0) is 9.47 Å². The van der Waals surface area contributed by atoms with E-state index in [2.05, 4.69) is 20.8 Å². The van der Waals surface area contributed by atoms with Gasteiger partial charge in [-0.15, -0.1) is 0 Å². The second-order valence-corrected chi connectivity index (χ2v) is 4.77. The van der Waals surface area contributed by atoms with Gasteiger partial charge in [0.25, 0.3) is 0 Å². The van der Waals surface area contributed by atoms with E-state index in [1.165, 1.54) is 25.7 Å². The molecule has 92 valence electrons. The summed E-state index contributed by atoms with van der Waals surface area (Å²) in [5.41, 5.74) is 0. The van der Waals surface area contributed by atoms with E-state index in [0.717, 1.165) is 0 Å². The maximum Gasteiger partial charge on any atom is 0.167 e. The molecule has 15 heavy (non-hydrogen) atoms. The molecule has 0 saturated heterocycles. The lowest BCUT2D eigenvalue weighted by Gasteiger charge is -2.37. The van der Waals surface area contributed by atoms with Crippen LogP contribution in [0.25, 0.3) is 0 Å². The lowest BCUT2D eigenvalue weighted by molar-refractivity contribution is -0.236. The van der Waals surface area contributed by atoms with Crippen molar-refractivity contribution in [3.05, 3.63) is 0 Å². The molecule has 0 spiro atoms. The van der Waals surface area contributed by atoms with Crippen LogP contribution in [0.5, 0.6) is 0 Å². The Labute approximate surface area is 95.3 Å². The van der Waals surface area contributed by atoms with Gasteiger partial charge in [-0.2, -0.15) is 0 Å². The zero-order chi connectivity index (χ0) is 11.9. The average molecular weight is 216 g/mol. The molecule has 0 bridgehead atoms. The predicted octanol–water partition coefficient (Wildman–Crippen LogP) is 3.85. The normalized spacial score (nSPS) is 14.6. The lowest BCUT2D eigenvalue weighted by atomic mass is 9.83. The third-order valence-electron chi connectivity index (χ3n) is 3.41. The second kappa shape index (κ2) is 7.24. The molecule has 0 aromatic rings. The Kier molecular flexibility index (Phi) is 7.20. The SMILES string of the molecule is CCCCCC(C(C)C)C(C)(OC)OC. The Bertz CT molecular complexity index is 151. The van der Waals surface area contributed by atoms with Gasteiger partial charge in [-0.3, -0.25) is 0 Å². The molecule has 2 nitrogen and oxygen atoms in total. The minimum atomic E-state index is -0.429. The summed E-state index contributed by atoms with van der Waals surface area (Å²) in [5, 5.41) is 0. The first-order valence-corrected chi connectivity index (χ1v) is 6.12. The number of rotatable bonds is 8. The van der Waals surface area contributed by atoms with E-state index >= 15 is 0 Å². The van der Waals surface area contributed by atoms with Gasteiger partial charge in [-0.25, -0.2) is 0 Å². The molecular formula is C13H28O2. The van der Waals surface area contributed by atoms with Crippen molar-refractivity contribution in [2.45, 2.75) is 59.2 Å². The zero-order valence-electron chi connectivity index (χ0n) is 11.3. The van der Waals surface area contributed by atoms with Crippen molar-refractivity contribution in [2.75, 3.05) is 14.2 Å². The molecular weight excluding hydrogens is 188 g/mol. The molecule has 0 aliphatic carbocycles. The molecule has 0 heterocycles. The third-order valence-corrected chi connectivity index (χ3v) is 3.41. The van der Waals surface area contributed by atoms with E-state index in [9.17, 15) is 0 Å². The zero-order valence-corrected chi connectivity index (χ0v) is 11.3. The van der Waals surface area contributed by atoms with E-state index in [-0.39, 0.29) is 0 Å². The summed E-state index contributed by atoms with van der Waals surface area (Å²) in [7, 11) is 3.47. The summed E-state index contributed by atoms with van der Waals surface area (Å²) in [4.78, 5) is 0. The number of hydrogen-bond donors (Lipinski definition) is 0. The number of unbranched alkanes of at least 4 members (excludes halogenated alkanes) is 2. The van der Waals surface area contributed by atoms with Gasteiger partial charge in [0.15, 0.2) is 5.79 Å². The summed E-state index contributed by atoms with van der Waals surface area (Å²) < 4.78 is 11.0. The van der Waals surface area contributed by atoms with Gasteiger partial charge >= 0.3 is 0 Å². The van der Waals surface area contributed by atoms with E-state index in [1.54, 1.807) is 14.2 Å². The van der Waals surface area contributed by atoms with Crippen molar-refractivity contribution >= 4 is 0 Å². The van der Waals surface area contributed by atoms with Crippen LogP contribution in [0.2, 0.25) is 0 Å². The molecule has 0 rings (SSSR count). The first-order valence-electron chi connectivity index (χ1n) is 6.12. The van der Waals surface area contributed by atoms with Crippen LogP contribution in [0.4, 0.5) is 0 Å². The smallest absolute Gasteiger partial charge is 0.167 e. The van der Waals surface area contributed by atoms with E-state index < -0.39 is 5.79 Å². The van der Waals surface area contributed by atoms with E-state index in [0.29, 0.717) is 11.8 Å². The molecule has 0 aromatic carbocycles. The van der Waals surface area contributed by atoms with Gasteiger partial charge in [-0.05, 0) is 19.3 Å². The summed E-state index contributed by atoms with van der Waals surface area (Å²) >= 11 is 0. The highest BCUT2D eigenvalue weighted by molar-refractivity contribution is 4.77. The predicted molar refractivity (Wildman–Crippen MR) is 64.9 cm³/mol. The Morgan fingerprint density at radius 3 is 1.93 bits per heavy atom. The van der Waals surface area contributed by atoms with Crippen molar-refractivity contribution in [1.82, 2.24) is 0 Å². The quantitative estimate of drug-likeness (QED) is 0.453. The summed E-state index contributed by atoms with van der Waals surface area (Å²) in [6, 6.07) is 0. The fourth-order valence-corrected chi connectivity index (χ4v) is 2.20. The fourth-order valence-electron chi connectivity index (χ4n) is 2.20. The Balaban J connectivity index is 4.36. The number of hydrogen-bond acceptors (Lipinski definition) is 2. The van der Waals surface area contributed by atoms with E-state index in [1.807, 2.05) is 6.92 Å². The van der Waals surface area contributed by atoms with Crippen LogP contribution in [0, 0.1) is 11.8 Å². The Morgan fingerprint density at radius 2 is 1.60 bits per heavy atom. The highest BCUT2D eigenvalue weighted by Gasteiger charge is 2.35. The Hall–Kier alpha value is -0.0800. The van der Waals surface area contributed by atoms with Gasteiger partial charge in [0.05, 0.1) is 0 Å². The van der Waals surface area contributed by atoms with Crippen molar-refractivity contribution in [3.63, 3.8) is 0 Å². The van der Waals surface area contributed by atoms with Gasteiger partial charge < -0.3 is 9.47 Å². The van der Waals surface area contributed by atoms with Crippen molar-refractivity contribution in [1.29, 1.82) is 0 Å². The summed E-state index contributed by atoms with van der Waals surface area (Å²) in [6.45, 7) is 8.76. The maximum atomic E-state index is 5.52. The monoisotopic (exact) mass is 216 g/mol. The van der Waals surface area contributed by atoms with Crippen molar-refractivity contribution in [2.24, 2.45) is 11.8 Å². The maximum absolute atomic E-state index is 5.52. The fraction of sp³-hybridized carbons (Fsp3) is 1.00. The molecule has 0 saturated carbocycles. The van der Waals surface area contributed by atoms with E-state index in [4.69, 9.17) is 9.47 Å². The van der Waals surface area contributed by atoms with Crippen LogP contribution in [-0.4, -0.2) is 20.0 Å². The lowest BCUT2D eigenvalue weighted by Crippen LogP contribution is -2.41. The molecule has 1 unspecified atom stereocenters. The van der Waals surface area contributed by atoms with Crippen molar-refractivity contribution in [3.8, 4) is 0 Å². The minimum Gasteiger partial charge on any atom is -0.353 e. The highest BCUT2D eigenvalue weighted by Crippen LogP contribution is 2.33. The summed E-state index contributed by atoms with van der Waals surface area (Å²) in [6.07, 6.45) is 5.01. The molecule has 0 fully saturated rings. The van der Waals surface area contributed by atoms with Crippen LogP contribution < -0.4 is 0 Å². The van der Waals surface area contributed by atoms with Gasteiger partial charge in [0.1, 0.15) is 0 Å². The van der Waals surface area contributed by atoms with Crippen LogP contribution in [0.1, 0.15) is 53.4 Å². The second-order valence-electron chi connectivity index (χ2n) is 4.77. The van der Waals surface area contributed by atoms with Crippen LogP contribution in [0.15, 0.2) is 0 Å². The standard InChI is InChI=1S/C13H28O2/c1-7-8-9-10-12(11(2)3)13(4,14-5)15-6/h11-12H,7-10H2,1-6H3. The highest BCUT2D eigenvalue weighted by atomic mass is 16.7. The Morgan fingerprint density at radius 1 is 1.07 bits per heavy atom. The first-order chi connectivity index (χ1) is 7.01. The van der Waals surface area contributed by atoms with Crippen molar-refractivity contribution < 1.29 is 9.47 Å². The van der Waals surface area contributed by atoms with Crippen LogP contribution in [0.3, 0.4) is 0 Å². The molecule has 2 heteroatoms. The molecule has 0 aliphatic heterocycles. The van der Waals surface area contributed by atoms with Gasteiger partial charge in [0.2, 0.25) is 0 Å². The molecule has 1 atom stereocenters. The minimum absolute atomic E-state index is 0.429. The van der Waals surface area contributed by atoms with Crippen LogP contribution >= 0.6 is 0 Å². The molecule has 0 N–H and O–H groups in total. The topological polar surface area (TPSA) is 18.5 Å². The molecule has 0 radical (unpaired) electrons. The molecule has 0 aromatic heterocycles. The molecule has 0 amide bonds. The first kappa shape index (κ1) is 14.9. The average Bonchev–Trinajstić information content (AvgIpc) is 2.23. The van der Waals surface area contributed by atoms with Gasteiger partial charge in [-0.1, -0.05) is 40.0 Å². The number of methoxy groups -OCH3 is 2. The largest absolute Gasteiger partial charge is 0.353 e. The third kappa shape index (κ3) is 4.52. The van der Waals surface area contributed by atoms with Gasteiger partial charge in [0, 0.05) is 20.1 Å². The number of ether oxygens (including phenoxy) is 2.